The van der Waals surface area contributed by atoms with Crippen LogP contribution in [0.5, 0.6) is 5.75 Å². The topological polar surface area (TPSA) is 68.5 Å². The van der Waals surface area contributed by atoms with Gasteiger partial charge in [-0.15, -0.1) is 0 Å². The fourth-order valence-electron chi connectivity index (χ4n) is 3.33. The van der Waals surface area contributed by atoms with Gasteiger partial charge in [-0.1, -0.05) is 48.5 Å². The van der Waals surface area contributed by atoms with Gasteiger partial charge in [0.1, 0.15) is 11.3 Å². The van der Waals surface area contributed by atoms with Crippen LogP contribution in [0.3, 0.4) is 0 Å². The molecule has 0 spiro atoms. The molecule has 0 aliphatic heterocycles. The Hall–Kier alpha value is -3.86. The number of carbonyl (C=O) groups excluding carboxylic acids is 1. The van der Waals surface area contributed by atoms with Gasteiger partial charge in [-0.25, -0.2) is 4.79 Å². The molecule has 0 fully saturated rings. The van der Waals surface area contributed by atoms with Crippen molar-refractivity contribution < 1.29 is 13.9 Å². The Morgan fingerprint density at radius 3 is 2.43 bits per heavy atom. The summed E-state index contributed by atoms with van der Waals surface area (Å²) in [5.74, 6) is 0.196. The molecule has 0 aliphatic carbocycles. The first-order valence-electron chi connectivity index (χ1n) is 9.71. The van der Waals surface area contributed by atoms with Gasteiger partial charge in [-0.3, -0.25) is 4.79 Å². The van der Waals surface area contributed by atoms with E-state index in [0.717, 1.165) is 11.1 Å². The lowest BCUT2D eigenvalue weighted by Crippen LogP contribution is -2.16. The van der Waals surface area contributed by atoms with Crippen LogP contribution >= 0.6 is 0 Å². The lowest BCUT2D eigenvalue weighted by atomic mass is 10.0. The van der Waals surface area contributed by atoms with E-state index in [2.05, 4.69) is 5.32 Å². The van der Waals surface area contributed by atoms with E-state index < -0.39 is 5.63 Å². The number of amides is 1. The maximum absolute atomic E-state index is 13.1. The summed E-state index contributed by atoms with van der Waals surface area (Å²) in [5, 5.41) is 3.48. The fraction of sp³-hybridized carbons (Fsp3) is 0.120. The Balaban J connectivity index is 1.72. The first kappa shape index (κ1) is 19.5. The highest BCUT2D eigenvalue weighted by molar-refractivity contribution is 6.13. The zero-order valence-electron chi connectivity index (χ0n) is 16.7. The zero-order chi connectivity index (χ0) is 21.1. The number of anilines is 1. The molecule has 1 N–H and O–H groups in total. The SMILES string of the molecule is CC(C)Oc1ccc2c(C(=O)Nc3ccccc3-c3ccccc3)cc(=O)oc2c1. The van der Waals surface area contributed by atoms with Crippen LogP contribution in [0.1, 0.15) is 24.2 Å². The van der Waals surface area contributed by atoms with Crippen molar-refractivity contribution in [1.82, 2.24) is 0 Å². The van der Waals surface area contributed by atoms with Crippen LogP contribution in [0.4, 0.5) is 5.69 Å². The van der Waals surface area contributed by atoms with E-state index in [4.69, 9.17) is 9.15 Å². The summed E-state index contributed by atoms with van der Waals surface area (Å²) in [6.07, 6.45) is -0.0184. The van der Waals surface area contributed by atoms with Crippen molar-refractivity contribution in [2.45, 2.75) is 20.0 Å². The lowest BCUT2D eigenvalue weighted by molar-refractivity contribution is 0.102. The molecule has 4 rings (SSSR count). The Labute approximate surface area is 173 Å². The van der Waals surface area contributed by atoms with E-state index in [9.17, 15) is 9.59 Å². The highest BCUT2D eigenvalue weighted by Gasteiger charge is 2.16. The van der Waals surface area contributed by atoms with E-state index in [1.807, 2.05) is 68.4 Å². The Kier molecular flexibility index (Phi) is 5.35. The number of fused-ring (bicyclic) bond motifs is 1. The summed E-state index contributed by atoms with van der Waals surface area (Å²) in [6.45, 7) is 3.82. The van der Waals surface area contributed by atoms with E-state index in [1.165, 1.54) is 6.07 Å². The number of carbonyl (C=O) groups is 1. The molecule has 0 unspecified atom stereocenters. The van der Waals surface area contributed by atoms with Crippen molar-refractivity contribution in [2.75, 3.05) is 5.32 Å². The molecule has 0 aliphatic rings. The standard InChI is InChI=1S/C25H21NO4/c1-16(2)29-18-12-13-20-21(15-24(27)30-23(20)14-18)25(28)26-22-11-7-6-10-19(22)17-8-4-3-5-9-17/h3-16H,1-2H3,(H,26,28). The third kappa shape index (κ3) is 4.10. The van der Waals surface area contributed by atoms with Crippen molar-refractivity contribution in [2.24, 2.45) is 0 Å². The number of benzene rings is 3. The van der Waals surface area contributed by atoms with Gasteiger partial charge in [-0.2, -0.15) is 0 Å². The molecule has 0 bridgehead atoms. The average Bonchev–Trinajstić information content (AvgIpc) is 2.73. The summed E-state index contributed by atoms with van der Waals surface area (Å²) >= 11 is 0. The van der Waals surface area contributed by atoms with Gasteiger partial charge in [0, 0.05) is 28.8 Å². The zero-order valence-corrected chi connectivity index (χ0v) is 16.7. The van der Waals surface area contributed by atoms with Crippen LogP contribution < -0.4 is 15.7 Å². The molecule has 150 valence electrons. The van der Waals surface area contributed by atoms with E-state index in [0.29, 0.717) is 22.4 Å². The second kappa shape index (κ2) is 8.25. The summed E-state index contributed by atoms with van der Waals surface area (Å²) in [6, 6.07) is 23.7. The second-order valence-corrected chi connectivity index (χ2v) is 7.17. The van der Waals surface area contributed by atoms with Crippen molar-refractivity contribution in [3.05, 3.63) is 94.8 Å². The third-order valence-corrected chi connectivity index (χ3v) is 4.59. The quantitative estimate of drug-likeness (QED) is 0.450. The van der Waals surface area contributed by atoms with Gasteiger partial charge in [0.15, 0.2) is 0 Å². The summed E-state index contributed by atoms with van der Waals surface area (Å²) in [4.78, 5) is 25.2. The maximum atomic E-state index is 13.1. The summed E-state index contributed by atoms with van der Waals surface area (Å²) in [7, 11) is 0. The van der Waals surface area contributed by atoms with Crippen molar-refractivity contribution in [3.8, 4) is 16.9 Å². The van der Waals surface area contributed by atoms with E-state index >= 15 is 0 Å². The predicted molar refractivity (Wildman–Crippen MR) is 118 cm³/mol. The van der Waals surface area contributed by atoms with Gasteiger partial charge in [0.05, 0.1) is 11.7 Å². The van der Waals surface area contributed by atoms with Gasteiger partial charge in [0.25, 0.3) is 5.91 Å². The molecular weight excluding hydrogens is 378 g/mol. The number of hydrogen-bond donors (Lipinski definition) is 1. The predicted octanol–water partition coefficient (Wildman–Crippen LogP) is 5.50. The van der Waals surface area contributed by atoms with Crippen LogP contribution in [0.15, 0.2) is 88.1 Å². The smallest absolute Gasteiger partial charge is 0.337 e. The van der Waals surface area contributed by atoms with Crippen LogP contribution in [0.2, 0.25) is 0 Å². The largest absolute Gasteiger partial charge is 0.491 e. The summed E-state index contributed by atoms with van der Waals surface area (Å²) in [5.41, 5.74) is 2.51. The molecular formula is C25H21NO4. The minimum Gasteiger partial charge on any atom is -0.491 e. The van der Waals surface area contributed by atoms with E-state index in [1.54, 1.807) is 18.2 Å². The van der Waals surface area contributed by atoms with Crippen molar-refractivity contribution >= 4 is 22.6 Å². The molecule has 4 aromatic rings. The Morgan fingerprint density at radius 1 is 0.933 bits per heavy atom. The van der Waals surface area contributed by atoms with Crippen LogP contribution in [-0.2, 0) is 0 Å². The fourth-order valence-corrected chi connectivity index (χ4v) is 3.33. The highest BCUT2D eigenvalue weighted by Crippen LogP contribution is 2.29. The molecule has 1 aromatic heterocycles. The average molecular weight is 399 g/mol. The van der Waals surface area contributed by atoms with Crippen LogP contribution in [-0.4, -0.2) is 12.0 Å². The molecule has 0 saturated heterocycles. The van der Waals surface area contributed by atoms with Gasteiger partial charge >= 0.3 is 5.63 Å². The number of ether oxygens (including phenoxy) is 1. The molecule has 3 aromatic carbocycles. The third-order valence-electron chi connectivity index (χ3n) is 4.59. The molecule has 0 atom stereocenters. The molecule has 0 saturated carbocycles. The van der Waals surface area contributed by atoms with Crippen molar-refractivity contribution in [3.63, 3.8) is 0 Å². The summed E-state index contributed by atoms with van der Waals surface area (Å²) < 4.78 is 11.0. The first-order chi connectivity index (χ1) is 14.5. The van der Waals surface area contributed by atoms with Crippen molar-refractivity contribution in [1.29, 1.82) is 0 Å². The molecule has 30 heavy (non-hydrogen) atoms. The molecule has 5 nitrogen and oxygen atoms in total. The van der Waals surface area contributed by atoms with Crippen LogP contribution in [0.25, 0.3) is 22.1 Å². The monoisotopic (exact) mass is 399 g/mol. The van der Waals surface area contributed by atoms with E-state index in [-0.39, 0.29) is 17.6 Å². The molecule has 1 heterocycles. The lowest BCUT2D eigenvalue weighted by Gasteiger charge is -2.13. The minimum atomic E-state index is -0.592. The second-order valence-electron chi connectivity index (χ2n) is 7.17. The normalized spacial score (nSPS) is 10.9. The minimum absolute atomic E-state index is 0.0184. The number of para-hydroxylation sites is 1. The highest BCUT2D eigenvalue weighted by atomic mass is 16.5. The molecule has 5 heteroatoms. The van der Waals surface area contributed by atoms with Crippen LogP contribution in [0, 0.1) is 0 Å². The van der Waals surface area contributed by atoms with Gasteiger partial charge in [0.2, 0.25) is 0 Å². The number of hydrogen-bond acceptors (Lipinski definition) is 4. The molecule has 0 radical (unpaired) electrons. The number of nitrogens with one attached hydrogen (secondary N) is 1. The van der Waals surface area contributed by atoms with Gasteiger partial charge in [-0.05, 0) is 37.6 Å². The first-order valence-corrected chi connectivity index (χ1v) is 9.71. The Bertz CT molecular complexity index is 1260. The molecule has 1 amide bonds. The Morgan fingerprint density at radius 2 is 1.67 bits per heavy atom. The van der Waals surface area contributed by atoms with Gasteiger partial charge < -0.3 is 14.5 Å². The maximum Gasteiger partial charge on any atom is 0.337 e. The number of rotatable bonds is 5.